The third-order valence-corrected chi connectivity index (χ3v) is 4.75. The first-order valence-corrected chi connectivity index (χ1v) is 8.04. The fraction of sp³-hybridized carbons (Fsp3) is 0.706. The summed E-state index contributed by atoms with van der Waals surface area (Å²) >= 11 is 0. The van der Waals surface area contributed by atoms with Gasteiger partial charge in [-0.05, 0) is 63.1 Å². The molecule has 3 rings (SSSR count). The number of ether oxygens (including phenoxy) is 1. The minimum atomic E-state index is 0.766. The summed E-state index contributed by atoms with van der Waals surface area (Å²) in [4.78, 5) is 7.14. The lowest BCUT2D eigenvalue weighted by atomic mass is 9.90. The summed E-state index contributed by atoms with van der Waals surface area (Å²) in [6.07, 6.45) is 8.41. The smallest absolute Gasteiger partial charge is 0.0480 e. The number of piperidine rings is 1. The molecule has 0 saturated carbocycles. The van der Waals surface area contributed by atoms with Crippen molar-refractivity contribution in [1.82, 2.24) is 9.88 Å². The molecule has 20 heavy (non-hydrogen) atoms. The molecule has 3 heteroatoms. The molecule has 0 aromatic carbocycles. The van der Waals surface area contributed by atoms with Crippen LogP contribution < -0.4 is 0 Å². The van der Waals surface area contributed by atoms with E-state index in [1.54, 1.807) is 0 Å². The lowest BCUT2D eigenvalue weighted by Gasteiger charge is -2.40. The van der Waals surface area contributed by atoms with Gasteiger partial charge in [0.2, 0.25) is 0 Å². The number of nitrogens with zero attached hydrogens (tertiary/aromatic N) is 2. The Kier molecular flexibility index (Phi) is 4.69. The van der Waals surface area contributed by atoms with Crippen molar-refractivity contribution in [3.63, 3.8) is 0 Å². The largest absolute Gasteiger partial charge is 0.381 e. The van der Waals surface area contributed by atoms with Gasteiger partial charge in [0.25, 0.3) is 0 Å². The predicted octanol–water partition coefficient (Wildman–Crippen LogP) is 2.82. The molecule has 1 aromatic rings. The van der Waals surface area contributed by atoms with Crippen LogP contribution >= 0.6 is 0 Å². The first-order valence-electron chi connectivity index (χ1n) is 8.04. The Bertz CT molecular complexity index is 412. The fourth-order valence-corrected chi connectivity index (χ4v) is 3.60. The van der Waals surface area contributed by atoms with E-state index in [-0.39, 0.29) is 0 Å². The van der Waals surface area contributed by atoms with E-state index in [0.29, 0.717) is 0 Å². The summed E-state index contributed by atoms with van der Waals surface area (Å²) in [5.74, 6) is 0.802. The average Bonchev–Trinajstić information content (AvgIpc) is 2.51. The first-order chi connectivity index (χ1) is 9.81. The second-order valence-electron chi connectivity index (χ2n) is 6.36. The summed E-state index contributed by atoms with van der Waals surface area (Å²) in [5.41, 5.74) is 2.51. The lowest BCUT2D eigenvalue weighted by molar-refractivity contribution is 0.0178. The van der Waals surface area contributed by atoms with Crippen molar-refractivity contribution in [2.75, 3.05) is 26.3 Å². The molecule has 110 valence electrons. The molecular weight excluding hydrogens is 248 g/mol. The molecular formula is C17H26N2O. The van der Waals surface area contributed by atoms with E-state index >= 15 is 0 Å². The number of aryl methyl sites for hydroxylation is 1. The third kappa shape index (κ3) is 3.58. The van der Waals surface area contributed by atoms with Crippen LogP contribution in [0.25, 0.3) is 0 Å². The van der Waals surface area contributed by atoms with Gasteiger partial charge in [-0.2, -0.15) is 0 Å². The summed E-state index contributed by atoms with van der Waals surface area (Å²) in [5, 5.41) is 0. The quantitative estimate of drug-likeness (QED) is 0.847. The second kappa shape index (κ2) is 6.68. The Morgan fingerprint density at radius 3 is 2.85 bits per heavy atom. The minimum Gasteiger partial charge on any atom is -0.381 e. The first kappa shape index (κ1) is 14.0. The van der Waals surface area contributed by atoms with Crippen molar-refractivity contribution in [3.8, 4) is 0 Å². The molecule has 3 heterocycles. The van der Waals surface area contributed by atoms with Gasteiger partial charge < -0.3 is 4.74 Å². The summed E-state index contributed by atoms with van der Waals surface area (Å²) in [6.45, 7) is 6.50. The third-order valence-electron chi connectivity index (χ3n) is 4.75. The molecule has 1 aromatic heterocycles. The van der Waals surface area contributed by atoms with E-state index in [2.05, 4.69) is 35.1 Å². The second-order valence-corrected chi connectivity index (χ2v) is 6.36. The fourth-order valence-electron chi connectivity index (χ4n) is 3.60. The number of hydrogen-bond acceptors (Lipinski definition) is 3. The van der Waals surface area contributed by atoms with Crippen LogP contribution in [-0.4, -0.2) is 42.2 Å². The van der Waals surface area contributed by atoms with Crippen LogP contribution in [0.3, 0.4) is 0 Å². The van der Waals surface area contributed by atoms with Gasteiger partial charge >= 0.3 is 0 Å². The molecule has 0 radical (unpaired) electrons. The number of pyridine rings is 1. The van der Waals surface area contributed by atoms with Crippen LogP contribution in [0.4, 0.5) is 0 Å². The number of likely N-dealkylation sites (tertiary alicyclic amines) is 1. The average molecular weight is 274 g/mol. The Labute approximate surface area is 122 Å². The maximum absolute atomic E-state index is 5.49. The zero-order valence-electron chi connectivity index (χ0n) is 12.6. The van der Waals surface area contributed by atoms with Gasteiger partial charge in [0.15, 0.2) is 0 Å². The van der Waals surface area contributed by atoms with Gasteiger partial charge in [0.05, 0.1) is 0 Å². The Morgan fingerprint density at radius 2 is 2.10 bits per heavy atom. The molecule has 2 fully saturated rings. The molecule has 0 bridgehead atoms. The standard InChI is InChI=1S/C17H26N2O/c1-14-4-5-15(12-18-14)11-16-3-2-8-19(13-16)17-6-9-20-10-7-17/h4-5,12,16-17H,2-3,6-11,13H2,1H3. The highest BCUT2D eigenvalue weighted by Crippen LogP contribution is 2.25. The van der Waals surface area contributed by atoms with Gasteiger partial charge in [0, 0.05) is 37.7 Å². The van der Waals surface area contributed by atoms with Crippen molar-refractivity contribution in [3.05, 3.63) is 29.6 Å². The Morgan fingerprint density at radius 1 is 1.25 bits per heavy atom. The van der Waals surface area contributed by atoms with Crippen molar-refractivity contribution < 1.29 is 4.74 Å². The van der Waals surface area contributed by atoms with E-state index in [9.17, 15) is 0 Å². The van der Waals surface area contributed by atoms with Crippen molar-refractivity contribution in [1.29, 1.82) is 0 Å². The highest BCUT2D eigenvalue weighted by Gasteiger charge is 2.27. The van der Waals surface area contributed by atoms with Crippen LogP contribution in [0.15, 0.2) is 18.3 Å². The van der Waals surface area contributed by atoms with Crippen molar-refractivity contribution in [2.24, 2.45) is 5.92 Å². The van der Waals surface area contributed by atoms with Gasteiger partial charge in [-0.15, -0.1) is 0 Å². The molecule has 2 saturated heterocycles. The zero-order chi connectivity index (χ0) is 13.8. The SMILES string of the molecule is Cc1ccc(CC2CCCN(C3CCOCC3)C2)cn1. The molecule has 0 spiro atoms. The highest BCUT2D eigenvalue weighted by molar-refractivity contribution is 5.14. The van der Waals surface area contributed by atoms with Crippen molar-refractivity contribution >= 4 is 0 Å². The van der Waals surface area contributed by atoms with E-state index in [1.165, 1.54) is 50.8 Å². The van der Waals surface area contributed by atoms with Gasteiger partial charge in [-0.1, -0.05) is 6.07 Å². The van der Waals surface area contributed by atoms with Gasteiger partial charge in [-0.3, -0.25) is 9.88 Å². The molecule has 0 N–H and O–H groups in total. The van der Waals surface area contributed by atoms with Crippen LogP contribution in [0.5, 0.6) is 0 Å². The molecule has 0 amide bonds. The van der Waals surface area contributed by atoms with Crippen molar-refractivity contribution in [2.45, 2.75) is 45.1 Å². The molecule has 1 atom stereocenters. The van der Waals surface area contributed by atoms with Gasteiger partial charge in [0.1, 0.15) is 0 Å². The van der Waals surface area contributed by atoms with Crippen LogP contribution in [-0.2, 0) is 11.2 Å². The summed E-state index contributed by atoms with van der Waals surface area (Å²) in [6, 6.07) is 5.15. The maximum Gasteiger partial charge on any atom is 0.0480 e. The molecule has 1 unspecified atom stereocenters. The topological polar surface area (TPSA) is 25.4 Å². The summed E-state index contributed by atoms with van der Waals surface area (Å²) in [7, 11) is 0. The van der Waals surface area contributed by atoms with Gasteiger partial charge in [-0.25, -0.2) is 0 Å². The number of aromatic nitrogens is 1. The predicted molar refractivity (Wildman–Crippen MR) is 80.8 cm³/mol. The lowest BCUT2D eigenvalue weighted by Crippen LogP contribution is -2.45. The normalized spacial score (nSPS) is 25.8. The minimum absolute atomic E-state index is 0.766. The molecule has 3 nitrogen and oxygen atoms in total. The van der Waals surface area contributed by atoms with E-state index in [0.717, 1.165) is 30.9 Å². The monoisotopic (exact) mass is 274 g/mol. The van der Waals surface area contributed by atoms with E-state index < -0.39 is 0 Å². The Hall–Kier alpha value is -0.930. The van der Waals surface area contributed by atoms with Crippen LogP contribution in [0.2, 0.25) is 0 Å². The van der Waals surface area contributed by atoms with Crippen LogP contribution in [0.1, 0.15) is 36.9 Å². The molecule has 2 aliphatic rings. The molecule has 2 aliphatic heterocycles. The summed E-state index contributed by atoms with van der Waals surface area (Å²) < 4.78 is 5.49. The zero-order valence-corrected chi connectivity index (χ0v) is 12.6. The molecule has 0 aliphatic carbocycles. The maximum atomic E-state index is 5.49. The highest BCUT2D eigenvalue weighted by atomic mass is 16.5. The van der Waals surface area contributed by atoms with E-state index in [4.69, 9.17) is 4.74 Å². The number of hydrogen-bond donors (Lipinski definition) is 0. The Balaban J connectivity index is 1.56. The van der Waals surface area contributed by atoms with E-state index in [1.807, 2.05) is 0 Å². The number of rotatable bonds is 3. The van der Waals surface area contributed by atoms with Crippen LogP contribution in [0, 0.1) is 12.8 Å².